The molecule has 0 bridgehead atoms. The number of hydrogen-bond donors (Lipinski definition) is 1. The lowest BCUT2D eigenvalue weighted by atomic mass is 9.95. The highest BCUT2D eigenvalue weighted by atomic mass is 32.1. The molecule has 1 fully saturated rings. The number of amides is 1. The monoisotopic (exact) mass is 359 g/mol. The molecular formula is C19H25N3O2S. The molecule has 0 saturated carbocycles. The summed E-state index contributed by atoms with van der Waals surface area (Å²) >= 11 is 1.74. The first kappa shape index (κ1) is 16.8. The van der Waals surface area contributed by atoms with Gasteiger partial charge in [-0.05, 0) is 69.1 Å². The fourth-order valence-corrected chi connectivity index (χ4v) is 4.66. The van der Waals surface area contributed by atoms with E-state index < -0.39 is 0 Å². The molecule has 5 nitrogen and oxygen atoms in total. The van der Waals surface area contributed by atoms with Crippen molar-refractivity contribution in [3.05, 3.63) is 27.6 Å². The van der Waals surface area contributed by atoms with Crippen molar-refractivity contribution in [2.45, 2.75) is 39.0 Å². The van der Waals surface area contributed by atoms with Crippen molar-refractivity contribution in [2.24, 2.45) is 5.92 Å². The van der Waals surface area contributed by atoms with Crippen LogP contribution in [0.4, 0.5) is 0 Å². The zero-order chi connectivity index (χ0) is 17.2. The number of fused-ring (bicyclic) bond motifs is 3. The van der Waals surface area contributed by atoms with Gasteiger partial charge >= 0.3 is 0 Å². The van der Waals surface area contributed by atoms with Crippen LogP contribution in [0.1, 0.15) is 47.1 Å². The van der Waals surface area contributed by atoms with Crippen LogP contribution in [0.25, 0.3) is 11.3 Å². The van der Waals surface area contributed by atoms with Crippen LogP contribution < -0.4 is 5.32 Å². The van der Waals surface area contributed by atoms with E-state index in [9.17, 15) is 4.79 Å². The highest BCUT2D eigenvalue weighted by molar-refractivity contribution is 7.10. The first-order valence-electron chi connectivity index (χ1n) is 9.28. The summed E-state index contributed by atoms with van der Waals surface area (Å²) in [5.74, 6) is 1.55. The van der Waals surface area contributed by atoms with Gasteiger partial charge < -0.3 is 14.7 Å². The van der Waals surface area contributed by atoms with Crippen LogP contribution in [0.2, 0.25) is 0 Å². The number of thiophene rings is 1. The molecular weight excluding hydrogens is 334 g/mol. The Hall–Kier alpha value is -1.66. The Labute approximate surface area is 152 Å². The molecule has 2 aromatic rings. The van der Waals surface area contributed by atoms with Gasteiger partial charge in [0.05, 0.1) is 0 Å². The number of rotatable bonds is 5. The highest BCUT2D eigenvalue weighted by Crippen LogP contribution is 2.37. The fourth-order valence-electron chi connectivity index (χ4n) is 3.78. The maximum Gasteiger partial charge on any atom is 0.273 e. The number of aryl methyl sites for hydroxylation is 1. The Morgan fingerprint density at radius 2 is 2.24 bits per heavy atom. The van der Waals surface area contributed by atoms with Crippen LogP contribution in [0, 0.1) is 5.92 Å². The average Bonchev–Trinajstić information content (AvgIpc) is 3.26. The third-order valence-corrected chi connectivity index (χ3v) is 6.39. The molecule has 4 rings (SSSR count). The standard InChI is InChI=1S/C19H25N3O2S/c1-13-5-10-22(11-6-13)9-2-8-20-19(23)17-15-3-4-16-14(7-12-25-16)18(15)24-21-17/h7,12-13H,2-6,8-11H2,1H3,(H,20,23). The first-order chi connectivity index (χ1) is 12.2. The Morgan fingerprint density at radius 3 is 3.08 bits per heavy atom. The van der Waals surface area contributed by atoms with E-state index in [-0.39, 0.29) is 5.91 Å². The van der Waals surface area contributed by atoms with Crippen LogP contribution in [-0.2, 0) is 12.8 Å². The molecule has 25 heavy (non-hydrogen) atoms. The van der Waals surface area contributed by atoms with E-state index in [1.807, 2.05) is 0 Å². The smallest absolute Gasteiger partial charge is 0.273 e. The van der Waals surface area contributed by atoms with E-state index in [4.69, 9.17) is 4.52 Å². The fraction of sp³-hybridized carbons (Fsp3) is 0.579. The molecule has 0 aromatic carbocycles. The summed E-state index contributed by atoms with van der Waals surface area (Å²) in [6.07, 6.45) is 5.37. The van der Waals surface area contributed by atoms with Gasteiger partial charge in [-0.2, -0.15) is 0 Å². The van der Waals surface area contributed by atoms with E-state index in [1.165, 1.54) is 30.8 Å². The van der Waals surface area contributed by atoms with Crippen LogP contribution in [0.15, 0.2) is 16.0 Å². The maximum atomic E-state index is 12.5. The van der Waals surface area contributed by atoms with E-state index in [0.29, 0.717) is 12.2 Å². The van der Waals surface area contributed by atoms with Crippen molar-refractivity contribution in [1.82, 2.24) is 15.4 Å². The second-order valence-electron chi connectivity index (χ2n) is 7.23. The van der Waals surface area contributed by atoms with E-state index in [2.05, 4.69) is 33.7 Å². The SMILES string of the molecule is CC1CCN(CCCNC(=O)c2noc3c2CCc2sccc2-3)CC1. The summed E-state index contributed by atoms with van der Waals surface area (Å²) in [5, 5.41) is 9.15. The number of carbonyl (C=O) groups excluding carboxylic acids is 1. The predicted molar refractivity (Wildman–Crippen MR) is 99.0 cm³/mol. The summed E-state index contributed by atoms with van der Waals surface area (Å²) in [7, 11) is 0. The van der Waals surface area contributed by atoms with Gasteiger partial charge in [0.15, 0.2) is 11.5 Å². The van der Waals surface area contributed by atoms with Gasteiger partial charge in [0.1, 0.15) is 0 Å². The minimum absolute atomic E-state index is 0.101. The molecule has 1 amide bonds. The van der Waals surface area contributed by atoms with Gasteiger partial charge in [0.25, 0.3) is 5.91 Å². The Kier molecular flexibility index (Phi) is 4.90. The average molecular weight is 359 g/mol. The van der Waals surface area contributed by atoms with Gasteiger partial charge in [-0.15, -0.1) is 11.3 Å². The Balaban J connectivity index is 1.30. The Morgan fingerprint density at radius 1 is 1.40 bits per heavy atom. The van der Waals surface area contributed by atoms with Crippen molar-refractivity contribution >= 4 is 17.2 Å². The lowest BCUT2D eigenvalue weighted by Gasteiger charge is -2.30. The number of likely N-dealkylation sites (tertiary alicyclic amines) is 1. The zero-order valence-corrected chi connectivity index (χ0v) is 15.5. The molecule has 6 heteroatoms. The second-order valence-corrected chi connectivity index (χ2v) is 8.23. The van der Waals surface area contributed by atoms with Gasteiger partial charge in [-0.1, -0.05) is 12.1 Å². The summed E-state index contributed by atoms with van der Waals surface area (Å²) < 4.78 is 5.49. The van der Waals surface area contributed by atoms with Gasteiger partial charge in [-0.3, -0.25) is 4.79 Å². The quantitative estimate of drug-likeness (QED) is 0.832. The predicted octanol–water partition coefficient (Wildman–Crippen LogP) is 3.35. The highest BCUT2D eigenvalue weighted by Gasteiger charge is 2.28. The number of nitrogens with zero attached hydrogens (tertiary/aromatic N) is 2. The topological polar surface area (TPSA) is 58.4 Å². The first-order valence-corrected chi connectivity index (χ1v) is 10.2. The van der Waals surface area contributed by atoms with Crippen LogP contribution in [0.5, 0.6) is 0 Å². The lowest BCUT2D eigenvalue weighted by molar-refractivity contribution is 0.0941. The molecule has 2 aliphatic rings. The van der Waals surface area contributed by atoms with Crippen molar-refractivity contribution in [3.8, 4) is 11.3 Å². The molecule has 0 atom stereocenters. The van der Waals surface area contributed by atoms with Crippen molar-refractivity contribution in [3.63, 3.8) is 0 Å². The summed E-state index contributed by atoms with van der Waals surface area (Å²) in [6, 6.07) is 2.06. The van der Waals surface area contributed by atoms with Crippen LogP contribution in [0.3, 0.4) is 0 Å². The van der Waals surface area contributed by atoms with Crippen LogP contribution >= 0.6 is 11.3 Å². The lowest BCUT2D eigenvalue weighted by Crippen LogP contribution is -2.35. The molecule has 1 aliphatic carbocycles. The summed E-state index contributed by atoms with van der Waals surface area (Å²) in [6.45, 7) is 6.46. The Bertz CT molecular complexity index is 744. The van der Waals surface area contributed by atoms with Gasteiger partial charge in [0.2, 0.25) is 0 Å². The molecule has 2 aromatic heterocycles. The molecule has 0 radical (unpaired) electrons. The third-order valence-electron chi connectivity index (χ3n) is 5.41. The third kappa shape index (κ3) is 3.51. The number of hydrogen-bond acceptors (Lipinski definition) is 5. The molecule has 0 spiro atoms. The second kappa shape index (κ2) is 7.30. The van der Waals surface area contributed by atoms with Crippen molar-refractivity contribution in [2.75, 3.05) is 26.2 Å². The molecule has 134 valence electrons. The minimum atomic E-state index is -0.101. The largest absolute Gasteiger partial charge is 0.355 e. The molecule has 1 saturated heterocycles. The number of piperidine rings is 1. The number of carbonyl (C=O) groups is 1. The molecule has 0 unspecified atom stereocenters. The van der Waals surface area contributed by atoms with Crippen molar-refractivity contribution < 1.29 is 9.32 Å². The summed E-state index contributed by atoms with van der Waals surface area (Å²) in [5.41, 5.74) is 2.55. The van der Waals surface area contributed by atoms with Gasteiger partial charge in [-0.25, -0.2) is 0 Å². The molecule has 3 heterocycles. The zero-order valence-electron chi connectivity index (χ0n) is 14.7. The number of nitrogens with one attached hydrogen (secondary N) is 1. The molecule has 1 aliphatic heterocycles. The van der Waals surface area contributed by atoms with Crippen LogP contribution in [-0.4, -0.2) is 42.1 Å². The number of aromatic nitrogens is 1. The summed E-state index contributed by atoms with van der Waals surface area (Å²) in [4.78, 5) is 16.3. The van der Waals surface area contributed by atoms with E-state index >= 15 is 0 Å². The maximum absolute atomic E-state index is 12.5. The minimum Gasteiger partial charge on any atom is -0.355 e. The molecule has 1 N–H and O–H groups in total. The van der Waals surface area contributed by atoms with Gasteiger partial charge in [0, 0.05) is 22.5 Å². The van der Waals surface area contributed by atoms with Crippen molar-refractivity contribution in [1.29, 1.82) is 0 Å². The van der Waals surface area contributed by atoms with E-state index in [0.717, 1.165) is 48.6 Å². The van der Waals surface area contributed by atoms with E-state index in [1.54, 1.807) is 11.3 Å². The normalized spacial score (nSPS) is 18.0.